The molecule has 0 bridgehead atoms. The second-order valence-electron chi connectivity index (χ2n) is 2.81. The molecule has 0 atom stereocenters. The number of hydrogen-bond donors (Lipinski definition) is 2. The van der Waals surface area contributed by atoms with E-state index in [-0.39, 0.29) is 0 Å². The van der Waals surface area contributed by atoms with Gasteiger partial charge in [0.1, 0.15) is 5.82 Å². The molecular formula is C7H8BN3O2. The van der Waals surface area contributed by atoms with Crippen molar-refractivity contribution < 1.29 is 10.0 Å². The minimum atomic E-state index is -1.46. The van der Waals surface area contributed by atoms with Crippen LogP contribution in [0.5, 0.6) is 0 Å². The zero-order chi connectivity index (χ0) is 9.42. The average molecular weight is 177 g/mol. The van der Waals surface area contributed by atoms with Gasteiger partial charge in [-0.25, -0.2) is 0 Å². The third-order valence-corrected chi connectivity index (χ3v) is 1.90. The van der Waals surface area contributed by atoms with Crippen molar-refractivity contribution in [2.24, 2.45) is 0 Å². The lowest BCUT2D eigenvalue weighted by Gasteiger charge is -1.99. The molecule has 0 saturated heterocycles. The van der Waals surface area contributed by atoms with Gasteiger partial charge in [0, 0.05) is 6.20 Å². The van der Waals surface area contributed by atoms with Crippen LogP contribution in [0.1, 0.15) is 5.82 Å². The molecule has 0 aliphatic carbocycles. The summed E-state index contributed by atoms with van der Waals surface area (Å²) >= 11 is 0. The van der Waals surface area contributed by atoms with Gasteiger partial charge in [-0.1, -0.05) is 0 Å². The molecule has 13 heavy (non-hydrogen) atoms. The van der Waals surface area contributed by atoms with Crippen LogP contribution < -0.4 is 5.46 Å². The second-order valence-corrected chi connectivity index (χ2v) is 2.81. The summed E-state index contributed by atoms with van der Waals surface area (Å²) in [6.07, 6.45) is 1.71. The quantitative estimate of drug-likeness (QED) is 0.532. The van der Waals surface area contributed by atoms with Crippen LogP contribution in [0, 0.1) is 6.92 Å². The molecule has 0 aromatic carbocycles. The molecule has 2 rings (SSSR count). The summed E-state index contributed by atoms with van der Waals surface area (Å²) < 4.78 is 1.77. The van der Waals surface area contributed by atoms with E-state index in [1.165, 1.54) is 0 Å². The smallest absolute Gasteiger partial charge is 0.423 e. The van der Waals surface area contributed by atoms with E-state index in [1.807, 2.05) is 6.92 Å². The van der Waals surface area contributed by atoms with E-state index in [4.69, 9.17) is 10.0 Å². The SMILES string of the molecule is Cc1nnc2cc(B(O)O)ccn12. The maximum atomic E-state index is 8.89. The van der Waals surface area contributed by atoms with Crippen LogP contribution in [0.2, 0.25) is 0 Å². The molecule has 0 unspecified atom stereocenters. The third kappa shape index (κ3) is 1.30. The minimum absolute atomic E-state index is 0.417. The molecule has 0 saturated carbocycles. The maximum absolute atomic E-state index is 8.89. The van der Waals surface area contributed by atoms with Gasteiger partial charge in [0.15, 0.2) is 5.65 Å². The highest BCUT2D eigenvalue weighted by atomic mass is 16.4. The molecule has 0 aliphatic rings. The van der Waals surface area contributed by atoms with Crippen molar-refractivity contribution in [1.29, 1.82) is 0 Å². The molecule has 2 heterocycles. The first kappa shape index (κ1) is 8.21. The maximum Gasteiger partial charge on any atom is 0.488 e. The zero-order valence-electron chi connectivity index (χ0n) is 7.05. The molecule has 2 N–H and O–H groups in total. The Morgan fingerprint density at radius 1 is 1.38 bits per heavy atom. The number of aromatic nitrogens is 3. The molecular weight excluding hydrogens is 169 g/mol. The number of rotatable bonds is 1. The standard InChI is InChI=1S/C7H8BN3O2/c1-5-9-10-7-4-6(8(12)13)2-3-11(5)7/h2-4,12-13H,1H3. The Morgan fingerprint density at radius 2 is 2.15 bits per heavy atom. The van der Waals surface area contributed by atoms with Gasteiger partial charge in [-0.05, 0) is 24.5 Å². The van der Waals surface area contributed by atoms with E-state index < -0.39 is 7.12 Å². The Hall–Kier alpha value is -1.40. The fourth-order valence-corrected chi connectivity index (χ4v) is 1.19. The summed E-state index contributed by atoms with van der Waals surface area (Å²) in [5.41, 5.74) is 1.03. The number of pyridine rings is 1. The highest BCUT2D eigenvalue weighted by Gasteiger charge is 2.12. The van der Waals surface area contributed by atoms with Crippen molar-refractivity contribution in [3.05, 3.63) is 24.2 Å². The zero-order valence-corrected chi connectivity index (χ0v) is 7.05. The number of nitrogens with zero attached hydrogens (tertiary/aromatic N) is 3. The Balaban J connectivity index is 2.63. The van der Waals surface area contributed by atoms with Crippen LogP contribution in [0.15, 0.2) is 18.3 Å². The van der Waals surface area contributed by atoms with E-state index in [0.717, 1.165) is 5.82 Å². The number of fused-ring (bicyclic) bond motifs is 1. The minimum Gasteiger partial charge on any atom is -0.423 e. The molecule has 2 aromatic rings. The normalized spacial score (nSPS) is 10.7. The van der Waals surface area contributed by atoms with Crippen LogP contribution in [0.3, 0.4) is 0 Å². The van der Waals surface area contributed by atoms with Gasteiger partial charge in [0.05, 0.1) is 0 Å². The van der Waals surface area contributed by atoms with Gasteiger partial charge < -0.3 is 10.0 Å². The molecule has 0 aliphatic heterocycles. The van der Waals surface area contributed by atoms with Crippen LogP contribution in [0.25, 0.3) is 5.65 Å². The van der Waals surface area contributed by atoms with E-state index >= 15 is 0 Å². The Labute approximate surface area is 74.8 Å². The summed E-state index contributed by atoms with van der Waals surface area (Å²) in [5, 5.41) is 25.5. The molecule has 5 nitrogen and oxygen atoms in total. The van der Waals surface area contributed by atoms with Gasteiger partial charge in [0.25, 0.3) is 0 Å². The fourth-order valence-electron chi connectivity index (χ4n) is 1.19. The lowest BCUT2D eigenvalue weighted by atomic mass is 9.81. The number of hydrogen-bond acceptors (Lipinski definition) is 4. The van der Waals surface area contributed by atoms with Gasteiger partial charge in [-0.3, -0.25) is 4.40 Å². The summed E-state index contributed by atoms with van der Waals surface area (Å²) in [6.45, 7) is 1.83. The summed E-state index contributed by atoms with van der Waals surface area (Å²) in [5.74, 6) is 0.772. The fraction of sp³-hybridized carbons (Fsp3) is 0.143. The molecule has 66 valence electrons. The highest BCUT2D eigenvalue weighted by Crippen LogP contribution is 1.99. The largest absolute Gasteiger partial charge is 0.488 e. The molecule has 6 heteroatoms. The average Bonchev–Trinajstić information content (AvgIpc) is 2.47. The Bertz CT molecular complexity index is 440. The predicted molar refractivity (Wildman–Crippen MR) is 47.5 cm³/mol. The van der Waals surface area contributed by atoms with Gasteiger partial charge in [-0.2, -0.15) is 0 Å². The van der Waals surface area contributed by atoms with Crippen LogP contribution in [-0.4, -0.2) is 31.8 Å². The van der Waals surface area contributed by atoms with E-state index in [2.05, 4.69) is 10.2 Å². The van der Waals surface area contributed by atoms with Crippen molar-refractivity contribution in [2.75, 3.05) is 0 Å². The third-order valence-electron chi connectivity index (χ3n) is 1.90. The van der Waals surface area contributed by atoms with E-state index in [0.29, 0.717) is 11.1 Å². The lowest BCUT2D eigenvalue weighted by molar-refractivity contribution is 0.426. The van der Waals surface area contributed by atoms with Crippen LogP contribution in [-0.2, 0) is 0 Å². The van der Waals surface area contributed by atoms with Crippen molar-refractivity contribution >= 4 is 18.2 Å². The van der Waals surface area contributed by atoms with Crippen LogP contribution in [0.4, 0.5) is 0 Å². The molecule has 0 spiro atoms. The van der Waals surface area contributed by atoms with Gasteiger partial charge in [-0.15, -0.1) is 10.2 Å². The lowest BCUT2D eigenvalue weighted by Crippen LogP contribution is -2.29. The summed E-state index contributed by atoms with van der Waals surface area (Å²) in [4.78, 5) is 0. The molecule has 0 fully saturated rings. The van der Waals surface area contributed by atoms with Crippen molar-refractivity contribution in [3.8, 4) is 0 Å². The highest BCUT2D eigenvalue weighted by molar-refractivity contribution is 6.58. The van der Waals surface area contributed by atoms with Crippen LogP contribution >= 0.6 is 0 Å². The molecule has 2 aromatic heterocycles. The number of aryl methyl sites for hydroxylation is 1. The van der Waals surface area contributed by atoms with Gasteiger partial charge in [0.2, 0.25) is 0 Å². The van der Waals surface area contributed by atoms with Crippen molar-refractivity contribution in [2.45, 2.75) is 6.92 Å². The first-order valence-corrected chi connectivity index (χ1v) is 3.86. The van der Waals surface area contributed by atoms with E-state index in [9.17, 15) is 0 Å². The Kier molecular flexibility index (Phi) is 1.79. The first-order valence-electron chi connectivity index (χ1n) is 3.86. The molecule has 0 amide bonds. The first-order chi connectivity index (χ1) is 6.18. The monoisotopic (exact) mass is 177 g/mol. The predicted octanol–water partition coefficient (Wildman–Crippen LogP) is -1.28. The summed E-state index contributed by atoms with van der Waals surface area (Å²) in [7, 11) is -1.46. The Morgan fingerprint density at radius 3 is 2.85 bits per heavy atom. The van der Waals surface area contributed by atoms with Crippen molar-refractivity contribution in [3.63, 3.8) is 0 Å². The summed E-state index contributed by atoms with van der Waals surface area (Å²) in [6, 6.07) is 3.21. The second kappa shape index (κ2) is 2.83. The van der Waals surface area contributed by atoms with E-state index in [1.54, 1.807) is 22.7 Å². The van der Waals surface area contributed by atoms with Crippen molar-refractivity contribution in [1.82, 2.24) is 14.6 Å². The van der Waals surface area contributed by atoms with Gasteiger partial charge >= 0.3 is 7.12 Å². The topological polar surface area (TPSA) is 70.7 Å². The molecule has 0 radical (unpaired) electrons.